The number of ether oxygens (including phenoxy) is 1. The van der Waals surface area contributed by atoms with Crippen molar-refractivity contribution in [2.75, 3.05) is 5.73 Å². The zero-order valence-electron chi connectivity index (χ0n) is 11.8. The minimum absolute atomic E-state index is 0.308. The van der Waals surface area contributed by atoms with E-state index >= 15 is 0 Å². The molecule has 4 heteroatoms. The van der Waals surface area contributed by atoms with Crippen LogP contribution in [0.5, 0.6) is 5.88 Å². The van der Waals surface area contributed by atoms with Crippen molar-refractivity contribution >= 4 is 5.69 Å². The second-order valence-electron chi connectivity index (χ2n) is 5.54. The Bertz CT molecular complexity index is 400. The van der Waals surface area contributed by atoms with Crippen molar-refractivity contribution in [2.24, 2.45) is 5.92 Å². The van der Waals surface area contributed by atoms with E-state index in [1.807, 2.05) is 11.6 Å². The normalized spacial score (nSPS) is 24.2. The Morgan fingerprint density at radius 1 is 1.44 bits per heavy atom. The average Bonchev–Trinajstić information content (AvgIpc) is 2.58. The highest BCUT2D eigenvalue weighted by molar-refractivity contribution is 5.52. The van der Waals surface area contributed by atoms with Crippen molar-refractivity contribution in [3.8, 4) is 5.88 Å². The van der Waals surface area contributed by atoms with E-state index in [1.54, 1.807) is 0 Å². The number of aryl methyl sites for hydroxylation is 2. The van der Waals surface area contributed by atoms with Gasteiger partial charge < -0.3 is 10.5 Å². The van der Waals surface area contributed by atoms with E-state index in [0.29, 0.717) is 11.8 Å². The van der Waals surface area contributed by atoms with E-state index < -0.39 is 0 Å². The average molecular weight is 251 g/mol. The molecule has 0 saturated heterocycles. The molecule has 18 heavy (non-hydrogen) atoms. The summed E-state index contributed by atoms with van der Waals surface area (Å²) in [5.74, 6) is 1.54. The molecule has 1 heterocycles. The monoisotopic (exact) mass is 251 g/mol. The van der Waals surface area contributed by atoms with E-state index in [1.165, 1.54) is 12.8 Å². The van der Waals surface area contributed by atoms with Gasteiger partial charge in [-0.1, -0.05) is 20.3 Å². The summed E-state index contributed by atoms with van der Waals surface area (Å²) in [7, 11) is 0. The largest absolute Gasteiger partial charge is 0.473 e. The Hall–Kier alpha value is -1.19. The molecule has 2 atom stereocenters. The zero-order valence-corrected chi connectivity index (χ0v) is 11.8. The van der Waals surface area contributed by atoms with E-state index in [0.717, 1.165) is 43.3 Å². The lowest BCUT2D eigenvalue weighted by Crippen LogP contribution is -2.25. The first-order valence-electron chi connectivity index (χ1n) is 7.11. The standard InChI is InChI=1S/C14H25N3O/c1-4-8-17-14(13(15)11(3)16-17)18-12-7-5-6-10(2)9-12/h10,12H,4-9,15H2,1-3H3. The summed E-state index contributed by atoms with van der Waals surface area (Å²) in [6.07, 6.45) is 6.20. The third kappa shape index (κ3) is 2.79. The molecule has 1 aliphatic rings. The fourth-order valence-corrected chi connectivity index (χ4v) is 2.71. The van der Waals surface area contributed by atoms with Crippen LogP contribution in [0.2, 0.25) is 0 Å². The summed E-state index contributed by atoms with van der Waals surface area (Å²) in [5.41, 5.74) is 7.66. The Labute approximate surface area is 110 Å². The van der Waals surface area contributed by atoms with Crippen molar-refractivity contribution in [3.05, 3.63) is 5.69 Å². The summed E-state index contributed by atoms with van der Waals surface area (Å²) in [6, 6.07) is 0. The van der Waals surface area contributed by atoms with Gasteiger partial charge in [-0.05, 0) is 38.5 Å². The van der Waals surface area contributed by atoms with Gasteiger partial charge in [0.2, 0.25) is 5.88 Å². The van der Waals surface area contributed by atoms with Gasteiger partial charge in [0.15, 0.2) is 0 Å². The number of hydrogen-bond acceptors (Lipinski definition) is 3. The van der Waals surface area contributed by atoms with Gasteiger partial charge in [-0.3, -0.25) is 0 Å². The Balaban J connectivity index is 2.11. The smallest absolute Gasteiger partial charge is 0.236 e. The summed E-state index contributed by atoms with van der Waals surface area (Å²) >= 11 is 0. The lowest BCUT2D eigenvalue weighted by atomic mass is 9.89. The van der Waals surface area contributed by atoms with E-state index in [-0.39, 0.29) is 0 Å². The highest BCUT2D eigenvalue weighted by Gasteiger charge is 2.23. The molecule has 0 aromatic carbocycles. The predicted molar refractivity (Wildman–Crippen MR) is 73.7 cm³/mol. The van der Waals surface area contributed by atoms with Crippen molar-refractivity contribution in [1.29, 1.82) is 0 Å². The Kier molecular flexibility index (Phi) is 4.15. The van der Waals surface area contributed by atoms with Crippen molar-refractivity contribution in [2.45, 2.75) is 65.5 Å². The van der Waals surface area contributed by atoms with Gasteiger partial charge in [0.05, 0.1) is 5.69 Å². The topological polar surface area (TPSA) is 53.1 Å². The van der Waals surface area contributed by atoms with Crippen LogP contribution in [-0.4, -0.2) is 15.9 Å². The van der Waals surface area contributed by atoms with Crippen LogP contribution in [0, 0.1) is 12.8 Å². The molecule has 1 aliphatic carbocycles. The fraction of sp³-hybridized carbons (Fsp3) is 0.786. The van der Waals surface area contributed by atoms with E-state index in [2.05, 4.69) is 18.9 Å². The molecule has 2 unspecified atom stereocenters. The number of nitrogens with two attached hydrogens (primary N) is 1. The van der Waals surface area contributed by atoms with Gasteiger partial charge in [0.1, 0.15) is 11.8 Å². The molecule has 0 spiro atoms. The first kappa shape index (κ1) is 13.2. The number of aromatic nitrogens is 2. The van der Waals surface area contributed by atoms with Crippen LogP contribution < -0.4 is 10.5 Å². The minimum Gasteiger partial charge on any atom is -0.473 e. The number of nitrogens with zero attached hydrogens (tertiary/aromatic N) is 2. The maximum absolute atomic E-state index is 6.14. The molecule has 1 saturated carbocycles. The minimum atomic E-state index is 0.308. The molecule has 102 valence electrons. The number of hydrogen-bond donors (Lipinski definition) is 1. The number of rotatable bonds is 4. The molecule has 0 aliphatic heterocycles. The van der Waals surface area contributed by atoms with Gasteiger partial charge in [0.25, 0.3) is 0 Å². The summed E-state index contributed by atoms with van der Waals surface area (Å²) in [5, 5.41) is 4.45. The summed E-state index contributed by atoms with van der Waals surface area (Å²) in [6.45, 7) is 7.25. The second kappa shape index (κ2) is 5.63. The second-order valence-corrected chi connectivity index (χ2v) is 5.54. The van der Waals surface area contributed by atoms with E-state index in [4.69, 9.17) is 10.5 Å². The number of nitrogen functional groups attached to an aromatic ring is 1. The van der Waals surface area contributed by atoms with Crippen molar-refractivity contribution in [1.82, 2.24) is 9.78 Å². The molecular weight excluding hydrogens is 226 g/mol. The molecule has 4 nitrogen and oxygen atoms in total. The van der Waals surface area contributed by atoms with Gasteiger partial charge >= 0.3 is 0 Å². The van der Waals surface area contributed by atoms with Gasteiger partial charge in [0, 0.05) is 6.54 Å². The molecule has 0 amide bonds. The number of anilines is 1. The molecule has 1 aromatic rings. The van der Waals surface area contributed by atoms with Crippen LogP contribution in [0.1, 0.15) is 51.6 Å². The summed E-state index contributed by atoms with van der Waals surface area (Å²) < 4.78 is 8.06. The SMILES string of the molecule is CCCn1nc(C)c(N)c1OC1CCCC(C)C1. The van der Waals surface area contributed by atoms with Crippen LogP contribution in [0.15, 0.2) is 0 Å². The highest BCUT2D eigenvalue weighted by atomic mass is 16.5. The third-order valence-corrected chi connectivity index (χ3v) is 3.73. The highest BCUT2D eigenvalue weighted by Crippen LogP contribution is 2.31. The third-order valence-electron chi connectivity index (χ3n) is 3.73. The predicted octanol–water partition coefficient (Wildman–Crippen LogP) is 3.14. The van der Waals surface area contributed by atoms with Crippen LogP contribution in [0.25, 0.3) is 0 Å². The molecule has 2 rings (SSSR count). The van der Waals surface area contributed by atoms with Gasteiger partial charge in [-0.15, -0.1) is 0 Å². The maximum Gasteiger partial charge on any atom is 0.236 e. The van der Waals surface area contributed by atoms with Crippen LogP contribution in [0.3, 0.4) is 0 Å². The maximum atomic E-state index is 6.14. The Morgan fingerprint density at radius 3 is 2.89 bits per heavy atom. The quantitative estimate of drug-likeness (QED) is 0.894. The van der Waals surface area contributed by atoms with Gasteiger partial charge in [-0.25, -0.2) is 4.68 Å². The van der Waals surface area contributed by atoms with Crippen LogP contribution in [0.4, 0.5) is 5.69 Å². The molecular formula is C14H25N3O. The fourth-order valence-electron chi connectivity index (χ4n) is 2.71. The Morgan fingerprint density at radius 2 is 2.22 bits per heavy atom. The summed E-state index contributed by atoms with van der Waals surface area (Å²) in [4.78, 5) is 0. The van der Waals surface area contributed by atoms with Crippen molar-refractivity contribution in [3.63, 3.8) is 0 Å². The van der Waals surface area contributed by atoms with Crippen LogP contribution >= 0.6 is 0 Å². The lowest BCUT2D eigenvalue weighted by Gasteiger charge is -2.27. The van der Waals surface area contributed by atoms with E-state index in [9.17, 15) is 0 Å². The van der Waals surface area contributed by atoms with Crippen LogP contribution in [-0.2, 0) is 6.54 Å². The molecule has 2 N–H and O–H groups in total. The van der Waals surface area contributed by atoms with Crippen molar-refractivity contribution < 1.29 is 4.74 Å². The molecule has 1 aromatic heterocycles. The van der Waals surface area contributed by atoms with Gasteiger partial charge in [-0.2, -0.15) is 5.10 Å². The molecule has 0 radical (unpaired) electrons. The molecule has 0 bridgehead atoms. The first-order chi connectivity index (χ1) is 8.61. The zero-order chi connectivity index (χ0) is 13.1. The first-order valence-corrected chi connectivity index (χ1v) is 7.11. The molecule has 1 fully saturated rings. The lowest BCUT2D eigenvalue weighted by molar-refractivity contribution is 0.118.